The molecule has 0 spiro atoms. The summed E-state index contributed by atoms with van der Waals surface area (Å²) in [7, 11) is -1.38. The Morgan fingerprint density at radius 2 is 2.04 bits per heavy atom. The third-order valence-corrected chi connectivity index (χ3v) is 5.74. The minimum atomic E-state index is -2.93. The van der Waals surface area contributed by atoms with Gasteiger partial charge in [-0.3, -0.25) is 0 Å². The predicted octanol–water partition coefficient (Wildman–Crippen LogP) is 2.48. The molecule has 0 radical (unpaired) electrons. The van der Waals surface area contributed by atoms with Crippen LogP contribution in [0.25, 0.3) is 0 Å². The topological polar surface area (TPSA) is 93.2 Å². The van der Waals surface area contributed by atoms with E-state index in [1.165, 1.54) is 6.33 Å². The Kier molecular flexibility index (Phi) is 4.77. The highest BCUT2D eigenvalue weighted by Gasteiger charge is 2.27. The Morgan fingerprint density at radius 1 is 1.25 bits per heavy atom. The molecule has 1 aliphatic heterocycles. The van der Waals surface area contributed by atoms with E-state index < -0.39 is 9.84 Å². The summed E-state index contributed by atoms with van der Waals surface area (Å²) in [6, 6.07) is 6.92. The number of hydrogen-bond acceptors (Lipinski definition) is 7. The fourth-order valence-corrected chi connectivity index (χ4v) is 4.45. The molecule has 0 bridgehead atoms. The van der Waals surface area contributed by atoms with Crippen LogP contribution in [0.15, 0.2) is 30.6 Å². The molecule has 0 aliphatic carbocycles. The van der Waals surface area contributed by atoms with Gasteiger partial charge in [0.25, 0.3) is 0 Å². The van der Waals surface area contributed by atoms with Gasteiger partial charge in [0.15, 0.2) is 9.84 Å². The van der Waals surface area contributed by atoms with Gasteiger partial charge in [-0.2, -0.15) is 0 Å². The van der Waals surface area contributed by atoms with Crippen molar-refractivity contribution in [2.45, 2.75) is 12.5 Å². The van der Waals surface area contributed by atoms with E-state index in [1.54, 1.807) is 25.3 Å². The normalized spacial score (nSPS) is 19.0. The summed E-state index contributed by atoms with van der Waals surface area (Å²) >= 11 is 6.10. The molecule has 1 aromatic heterocycles. The first kappa shape index (κ1) is 16.8. The molecule has 7 nitrogen and oxygen atoms in total. The SMILES string of the molecule is COc1ccc(Nc2cc(NC3CCS(=O)(=O)C3)ncn2)cc1Cl. The van der Waals surface area contributed by atoms with Crippen LogP contribution in [-0.4, -0.2) is 43.0 Å². The van der Waals surface area contributed by atoms with Crippen molar-refractivity contribution < 1.29 is 13.2 Å². The molecule has 1 fully saturated rings. The van der Waals surface area contributed by atoms with Gasteiger partial charge < -0.3 is 15.4 Å². The van der Waals surface area contributed by atoms with E-state index in [0.717, 1.165) is 5.69 Å². The van der Waals surface area contributed by atoms with Crippen LogP contribution in [0.3, 0.4) is 0 Å². The van der Waals surface area contributed by atoms with Gasteiger partial charge in [-0.25, -0.2) is 18.4 Å². The Hall–Kier alpha value is -2.06. The number of rotatable bonds is 5. The van der Waals surface area contributed by atoms with Gasteiger partial charge in [-0.1, -0.05) is 11.6 Å². The maximum atomic E-state index is 11.5. The summed E-state index contributed by atoms with van der Waals surface area (Å²) < 4.78 is 28.1. The first-order chi connectivity index (χ1) is 11.4. The van der Waals surface area contributed by atoms with Crippen molar-refractivity contribution in [3.8, 4) is 5.75 Å². The van der Waals surface area contributed by atoms with E-state index in [1.807, 2.05) is 6.07 Å². The molecular formula is C15H17ClN4O3S. The maximum absolute atomic E-state index is 11.5. The zero-order valence-corrected chi connectivity index (χ0v) is 14.6. The summed E-state index contributed by atoms with van der Waals surface area (Å²) in [6.45, 7) is 0. The van der Waals surface area contributed by atoms with Gasteiger partial charge >= 0.3 is 0 Å². The van der Waals surface area contributed by atoms with Crippen molar-refractivity contribution in [1.82, 2.24) is 9.97 Å². The van der Waals surface area contributed by atoms with Gasteiger partial charge in [0, 0.05) is 17.8 Å². The third-order valence-electron chi connectivity index (χ3n) is 3.68. The van der Waals surface area contributed by atoms with Crippen molar-refractivity contribution in [2.75, 3.05) is 29.2 Å². The standard InChI is InChI=1S/C15H17ClN4O3S/c1-23-13-3-2-10(6-12(13)16)19-14-7-15(18-9-17-14)20-11-4-5-24(21,22)8-11/h2-3,6-7,9,11H,4-5,8H2,1H3,(H2,17,18,19,20). The zero-order valence-electron chi connectivity index (χ0n) is 13.0. The highest BCUT2D eigenvalue weighted by molar-refractivity contribution is 7.91. The van der Waals surface area contributed by atoms with Crippen LogP contribution in [0, 0.1) is 0 Å². The molecular weight excluding hydrogens is 352 g/mol. The van der Waals surface area contributed by atoms with Crippen molar-refractivity contribution in [3.05, 3.63) is 35.6 Å². The lowest BCUT2D eigenvalue weighted by Crippen LogP contribution is -2.21. The average Bonchev–Trinajstić information content (AvgIpc) is 2.86. The van der Waals surface area contributed by atoms with E-state index in [2.05, 4.69) is 20.6 Å². The minimum Gasteiger partial charge on any atom is -0.495 e. The van der Waals surface area contributed by atoms with E-state index in [-0.39, 0.29) is 17.5 Å². The number of aromatic nitrogens is 2. The number of sulfone groups is 1. The molecule has 1 unspecified atom stereocenters. The molecule has 2 heterocycles. The molecule has 1 saturated heterocycles. The summed E-state index contributed by atoms with van der Waals surface area (Å²) in [5.41, 5.74) is 0.758. The number of nitrogens with one attached hydrogen (secondary N) is 2. The quantitative estimate of drug-likeness (QED) is 0.837. The lowest BCUT2D eigenvalue weighted by molar-refractivity contribution is 0.415. The van der Waals surface area contributed by atoms with Crippen molar-refractivity contribution in [2.24, 2.45) is 0 Å². The fourth-order valence-electron chi connectivity index (χ4n) is 2.51. The Bertz CT molecular complexity index is 844. The van der Waals surface area contributed by atoms with Crippen molar-refractivity contribution in [3.63, 3.8) is 0 Å². The number of anilines is 3. The maximum Gasteiger partial charge on any atom is 0.152 e. The molecule has 0 saturated carbocycles. The second-order valence-electron chi connectivity index (χ2n) is 5.51. The molecule has 1 aromatic carbocycles. The predicted molar refractivity (Wildman–Crippen MR) is 94.0 cm³/mol. The highest BCUT2D eigenvalue weighted by atomic mass is 35.5. The fraction of sp³-hybridized carbons (Fsp3) is 0.333. The summed E-state index contributed by atoms with van der Waals surface area (Å²) in [5, 5.41) is 6.76. The average molecular weight is 369 g/mol. The van der Waals surface area contributed by atoms with Crippen LogP contribution < -0.4 is 15.4 Å². The van der Waals surface area contributed by atoms with Gasteiger partial charge in [0.2, 0.25) is 0 Å². The number of hydrogen-bond donors (Lipinski definition) is 2. The van der Waals surface area contributed by atoms with Gasteiger partial charge in [-0.15, -0.1) is 0 Å². The van der Waals surface area contributed by atoms with E-state index in [0.29, 0.717) is 28.8 Å². The summed E-state index contributed by atoms with van der Waals surface area (Å²) in [6.07, 6.45) is 2.00. The highest BCUT2D eigenvalue weighted by Crippen LogP contribution is 2.28. The Balaban J connectivity index is 1.70. The molecule has 9 heteroatoms. The smallest absolute Gasteiger partial charge is 0.152 e. The molecule has 2 aromatic rings. The van der Waals surface area contributed by atoms with E-state index >= 15 is 0 Å². The van der Waals surface area contributed by atoms with Crippen molar-refractivity contribution >= 4 is 38.8 Å². The van der Waals surface area contributed by atoms with E-state index in [4.69, 9.17) is 16.3 Å². The zero-order chi connectivity index (χ0) is 17.2. The van der Waals surface area contributed by atoms with Crippen LogP contribution in [0.5, 0.6) is 5.75 Å². The van der Waals surface area contributed by atoms with Crippen molar-refractivity contribution in [1.29, 1.82) is 0 Å². The second-order valence-corrected chi connectivity index (χ2v) is 8.14. The largest absolute Gasteiger partial charge is 0.495 e. The van der Waals surface area contributed by atoms with Crippen LogP contribution in [-0.2, 0) is 9.84 Å². The molecule has 3 rings (SSSR count). The molecule has 1 aliphatic rings. The van der Waals surface area contributed by atoms with Crippen LogP contribution in [0.4, 0.5) is 17.3 Å². The van der Waals surface area contributed by atoms with Crippen LogP contribution in [0.1, 0.15) is 6.42 Å². The molecule has 2 N–H and O–H groups in total. The first-order valence-corrected chi connectivity index (χ1v) is 9.55. The minimum absolute atomic E-state index is 0.117. The van der Waals surface area contributed by atoms with Crippen LogP contribution in [0.2, 0.25) is 5.02 Å². The van der Waals surface area contributed by atoms with E-state index in [9.17, 15) is 8.42 Å². The molecule has 24 heavy (non-hydrogen) atoms. The monoisotopic (exact) mass is 368 g/mol. The number of halogens is 1. The molecule has 128 valence electrons. The summed E-state index contributed by atoms with van der Waals surface area (Å²) in [4.78, 5) is 8.29. The Morgan fingerprint density at radius 3 is 2.71 bits per heavy atom. The van der Waals surface area contributed by atoms with Crippen LogP contribution >= 0.6 is 11.6 Å². The summed E-state index contributed by atoms with van der Waals surface area (Å²) in [5.74, 6) is 2.09. The number of nitrogens with zero attached hydrogens (tertiary/aromatic N) is 2. The van der Waals surface area contributed by atoms with Gasteiger partial charge in [0.05, 0.1) is 23.6 Å². The number of ether oxygens (including phenoxy) is 1. The molecule has 1 atom stereocenters. The Labute approximate surface area is 145 Å². The van der Waals surface area contributed by atoms with Gasteiger partial charge in [0.1, 0.15) is 23.7 Å². The molecule has 0 amide bonds. The third kappa shape index (κ3) is 4.07. The first-order valence-electron chi connectivity index (χ1n) is 7.35. The van der Waals surface area contributed by atoms with Gasteiger partial charge in [-0.05, 0) is 24.6 Å². The second kappa shape index (κ2) is 6.82. The lowest BCUT2D eigenvalue weighted by atomic mass is 10.2. The number of methoxy groups -OCH3 is 1. The number of benzene rings is 1. The lowest BCUT2D eigenvalue weighted by Gasteiger charge is -2.13.